The van der Waals surface area contributed by atoms with Crippen molar-refractivity contribution in [2.24, 2.45) is 11.7 Å². The minimum atomic E-state index is 0.180. The highest BCUT2D eigenvalue weighted by Crippen LogP contribution is 2.37. The Morgan fingerprint density at radius 3 is 2.95 bits per heavy atom. The summed E-state index contributed by atoms with van der Waals surface area (Å²) in [6.07, 6.45) is 5.39. The summed E-state index contributed by atoms with van der Waals surface area (Å²) in [6.45, 7) is 0. The molecule has 2 aliphatic carbocycles. The lowest BCUT2D eigenvalue weighted by molar-refractivity contribution is 0.357. The van der Waals surface area contributed by atoms with Crippen molar-refractivity contribution in [3.8, 4) is 0 Å². The Bertz CT molecular complexity index is 618. The molecule has 2 aliphatic rings. The number of aryl methyl sites for hydroxylation is 1. The largest absolute Gasteiger partial charge is 0.339 e. The van der Waals surface area contributed by atoms with Crippen LogP contribution in [0.3, 0.4) is 0 Å². The van der Waals surface area contributed by atoms with Gasteiger partial charge in [-0.05, 0) is 42.7 Å². The van der Waals surface area contributed by atoms with E-state index in [0.717, 1.165) is 18.7 Å². The van der Waals surface area contributed by atoms with E-state index in [2.05, 4.69) is 34.4 Å². The summed E-state index contributed by atoms with van der Waals surface area (Å²) >= 11 is 0. The maximum absolute atomic E-state index is 6.12. The Morgan fingerprint density at radius 1 is 1.25 bits per heavy atom. The van der Waals surface area contributed by atoms with E-state index in [4.69, 9.17) is 10.3 Å². The summed E-state index contributed by atoms with van der Waals surface area (Å²) in [7, 11) is 0. The minimum absolute atomic E-state index is 0.180. The van der Waals surface area contributed by atoms with Gasteiger partial charge in [-0.25, -0.2) is 0 Å². The average Bonchev–Trinajstić information content (AvgIpc) is 3.08. The van der Waals surface area contributed by atoms with E-state index in [1.807, 2.05) is 0 Å². The van der Waals surface area contributed by atoms with Gasteiger partial charge >= 0.3 is 0 Å². The third kappa shape index (κ3) is 2.14. The predicted molar refractivity (Wildman–Crippen MR) is 75.3 cm³/mol. The molecule has 0 radical (unpaired) electrons. The first-order valence-corrected chi connectivity index (χ1v) is 7.47. The number of rotatable bonds is 4. The first-order chi connectivity index (χ1) is 9.81. The summed E-state index contributed by atoms with van der Waals surface area (Å²) in [4.78, 5) is 4.58. The molecule has 20 heavy (non-hydrogen) atoms. The average molecular weight is 269 g/mol. The molecule has 1 heterocycles. The molecule has 4 heteroatoms. The van der Waals surface area contributed by atoms with Crippen molar-refractivity contribution in [3.63, 3.8) is 0 Å². The van der Waals surface area contributed by atoms with Gasteiger partial charge in [0, 0.05) is 18.4 Å². The van der Waals surface area contributed by atoms with Crippen LogP contribution >= 0.6 is 0 Å². The van der Waals surface area contributed by atoms with Gasteiger partial charge in [0.05, 0.1) is 0 Å². The standard InChI is InChI=1S/C16H19N3O/c17-14(11-5-6-11)9-15-18-16(19-20-15)13-8-7-10-3-1-2-4-12(10)13/h1-4,11,13-14H,5-9,17H2. The summed E-state index contributed by atoms with van der Waals surface area (Å²) in [5.41, 5.74) is 8.89. The zero-order valence-corrected chi connectivity index (χ0v) is 11.5. The second kappa shape index (κ2) is 4.70. The molecule has 1 fully saturated rings. The fraction of sp³-hybridized carbons (Fsp3) is 0.500. The zero-order chi connectivity index (χ0) is 13.5. The monoisotopic (exact) mass is 269 g/mol. The number of benzene rings is 1. The molecular formula is C16H19N3O. The first-order valence-electron chi connectivity index (χ1n) is 7.47. The van der Waals surface area contributed by atoms with Crippen LogP contribution in [-0.2, 0) is 12.8 Å². The Hall–Kier alpha value is -1.68. The maximum Gasteiger partial charge on any atom is 0.228 e. The van der Waals surface area contributed by atoms with Gasteiger partial charge < -0.3 is 10.3 Å². The first kappa shape index (κ1) is 12.1. The van der Waals surface area contributed by atoms with Crippen molar-refractivity contribution in [1.29, 1.82) is 0 Å². The van der Waals surface area contributed by atoms with Crippen LogP contribution < -0.4 is 5.73 Å². The normalized spacial score (nSPS) is 22.8. The Labute approximate surface area is 118 Å². The third-order valence-electron chi connectivity index (χ3n) is 4.57. The molecule has 0 spiro atoms. The number of nitrogens with zero attached hydrogens (tertiary/aromatic N) is 2. The molecule has 1 saturated carbocycles. The number of aromatic nitrogens is 2. The van der Waals surface area contributed by atoms with E-state index in [1.54, 1.807) is 0 Å². The van der Waals surface area contributed by atoms with Crippen LogP contribution in [0.2, 0.25) is 0 Å². The third-order valence-corrected chi connectivity index (χ3v) is 4.57. The topological polar surface area (TPSA) is 64.9 Å². The summed E-state index contributed by atoms with van der Waals surface area (Å²) < 4.78 is 5.40. The van der Waals surface area contributed by atoms with Gasteiger partial charge in [0.15, 0.2) is 5.82 Å². The fourth-order valence-corrected chi connectivity index (χ4v) is 3.21. The highest BCUT2D eigenvalue weighted by Gasteiger charge is 2.31. The van der Waals surface area contributed by atoms with E-state index in [9.17, 15) is 0 Å². The summed E-state index contributed by atoms with van der Waals surface area (Å²) in [5.74, 6) is 2.48. The zero-order valence-electron chi connectivity index (χ0n) is 11.5. The van der Waals surface area contributed by atoms with Gasteiger partial charge in [0.1, 0.15) is 0 Å². The molecule has 4 nitrogen and oxygen atoms in total. The van der Waals surface area contributed by atoms with E-state index < -0.39 is 0 Å². The highest BCUT2D eigenvalue weighted by molar-refractivity contribution is 5.38. The number of hydrogen-bond acceptors (Lipinski definition) is 4. The highest BCUT2D eigenvalue weighted by atomic mass is 16.5. The molecular weight excluding hydrogens is 250 g/mol. The molecule has 0 saturated heterocycles. The number of hydrogen-bond donors (Lipinski definition) is 1. The molecule has 2 aromatic rings. The Kier molecular flexibility index (Phi) is 2.84. The van der Waals surface area contributed by atoms with Crippen LogP contribution in [0.4, 0.5) is 0 Å². The smallest absolute Gasteiger partial charge is 0.228 e. The molecule has 2 N–H and O–H groups in total. The quantitative estimate of drug-likeness (QED) is 0.925. The van der Waals surface area contributed by atoms with Gasteiger partial charge in [-0.3, -0.25) is 0 Å². The molecule has 0 bridgehead atoms. The molecule has 104 valence electrons. The van der Waals surface area contributed by atoms with Crippen LogP contribution in [0.1, 0.15) is 48.0 Å². The van der Waals surface area contributed by atoms with Crippen molar-refractivity contribution in [1.82, 2.24) is 10.1 Å². The second-order valence-electron chi connectivity index (χ2n) is 6.04. The lowest BCUT2D eigenvalue weighted by atomic mass is 10.0. The van der Waals surface area contributed by atoms with Crippen molar-refractivity contribution in [2.75, 3.05) is 0 Å². The van der Waals surface area contributed by atoms with Crippen LogP contribution in [0.25, 0.3) is 0 Å². The lowest BCUT2D eigenvalue weighted by Gasteiger charge is -2.06. The molecule has 2 unspecified atom stereocenters. The second-order valence-corrected chi connectivity index (χ2v) is 6.04. The van der Waals surface area contributed by atoms with Gasteiger partial charge in [-0.1, -0.05) is 29.4 Å². The van der Waals surface area contributed by atoms with Crippen LogP contribution in [0, 0.1) is 5.92 Å². The van der Waals surface area contributed by atoms with Gasteiger partial charge in [-0.2, -0.15) is 4.98 Å². The van der Waals surface area contributed by atoms with Crippen LogP contribution in [0.5, 0.6) is 0 Å². The maximum atomic E-state index is 6.12. The molecule has 2 atom stereocenters. The number of nitrogens with two attached hydrogens (primary N) is 1. The Balaban J connectivity index is 1.53. The lowest BCUT2D eigenvalue weighted by Crippen LogP contribution is -2.25. The predicted octanol–water partition coefficient (Wildman–Crippen LogP) is 2.43. The van der Waals surface area contributed by atoms with Crippen molar-refractivity contribution in [2.45, 2.75) is 44.1 Å². The Morgan fingerprint density at radius 2 is 2.10 bits per heavy atom. The minimum Gasteiger partial charge on any atom is -0.339 e. The van der Waals surface area contributed by atoms with Gasteiger partial charge in [0.25, 0.3) is 0 Å². The fourth-order valence-electron chi connectivity index (χ4n) is 3.21. The SMILES string of the molecule is NC(Cc1nc(C2CCc3ccccc32)no1)C1CC1. The summed E-state index contributed by atoms with van der Waals surface area (Å²) in [5, 5.41) is 4.19. The van der Waals surface area contributed by atoms with Crippen molar-refractivity contribution in [3.05, 3.63) is 47.1 Å². The van der Waals surface area contributed by atoms with Crippen molar-refractivity contribution >= 4 is 0 Å². The van der Waals surface area contributed by atoms with E-state index in [-0.39, 0.29) is 6.04 Å². The van der Waals surface area contributed by atoms with E-state index >= 15 is 0 Å². The molecule has 1 aromatic carbocycles. The molecule has 1 aromatic heterocycles. The van der Waals surface area contributed by atoms with Gasteiger partial charge in [0.2, 0.25) is 5.89 Å². The molecule has 0 amide bonds. The van der Waals surface area contributed by atoms with E-state index in [1.165, 1.54) is 24.0 Å². The summed E-state index contributed by atoms with van der Waals surface area (Å²) in [6, 6.07) is 8.73. The van der Waals surface area contributed by atoms with Gasteiger partial charge in [-0.15, -0.1) is 0 Å². The molecule has 0 aliphatic heterocycles. The van der Waals surface area contributed by atoms with Crippen molar-refractivity contribution < 1.29 is 4.52 Å². The van der Waals surface area contributed by atoms with Crippen LogP contribution in [-0.4, -0.2) is 16.2 Å². The van der Waals surface area contributed by atoms with E-state index in [0.29, 0.717) is 24.1 Å². The number of fused-ring (bicyclic) bond motifs is 1. The van der Waals surface area contributed by atoms with Crippen LogP contribution in [0.15, 0.2) is 28.8 Å². The molecule has 4 rings (SSSR count).